The van der Waals surface area contributed by atoms with E-state index in [4.69, 9.17) is 5.73 Å². The van der Waals surface area contributed by atoms with E-state index < -0.39 is 93.4 Å². The van der Waals surface area contributed by atoms with Crippen molar-refractivity contribution in [3.05, 3.63) is 23.0 Å². The van der Waals surface area contributed by atoms with Crippen molar-refractivity contribution < 1.29 is 43.4 Å². The van der Waals surface area contributed by atoms with Crippen LogP contribution in [0.4, 0.5) is 10.1 Å². The second-order valence-electron chi connectivity index (χ2n) is 10.7. The minimum Gasteiger partial charge on any atom is -0.505 e. The van der Waals surface area contributed by atoms with Crippen molar-refractivity contribution in [3.8, 4) is 5.75 Å². The molecule has 1 aromatic rings. The number of fused-ring (bicyclic) bond motifs is 3. The molecule has 1 heterocycles. The van der Waals surface area contributed by atoms with Gasteiger partial charge in [-0.3, -0.25) is 33.7 Å². The summed E-state index contributed by atoms with van der Waals surface area (Å²) >= 11 is 0. The molecule has 5 rings (SSSR count). The summed E-state index contributed by atoms with van der Waals surface area (Å²) in [5.74, 6) is -13.9. The molecule has 38 heavy (non-hydrogen) atoms. The number of ketones is 4. The Morgan fingerprint density at radius 1 is 1.21 bits per heavy atom. The van der Waals surface area contributed by atoms with Gasteiger partial charge in [0.25, 0.3) is 0 Å². The van der Waals surface area contributed by atoms with Crippen molar-refractivity contribution in [2.45, 2.75) is 36.9 Å². The Morgan fingerprint density at radius 2 is 1.87 bits per heavy atom. The van der Waals surface area contributed by atoms with Crippen LogP contribution in [-0.4, -0.2) is 88.4 Å². The van der Waals surface area contributed by atoms with E-state index in [9.17, 15) is 39.0 Å². The van der Waals surface area contributed by atoms with Crippen LogP contribution >= 0.6 is 0 Å². The number of anilines is 1. The lowest BCUT2D eigenvalue weighted by molar-refractivity contribution is -0.181. The molecule has 202 valence electrons. The van der Waals surface area contributed by atoms with Crippen molar-refractivity contribution in [3.63, 3.8) is 0 Å². The van der Waals surface area contributed by atoms with E-state index in [1.807, 2.05) is 0 Å². The summed E-state index contributed by atoms with van der Waals surface area (Å²) in [7, 11) is 2.95. The van der Waals surface area contributed by atoms with Crippen molar-refractivity contribution in [2.24, 2.45) is 29.4 Å². The number of aliphatic hydroxyl groups is 1. The van der Waals surface area contributed by atoms with Crippen LogP contribution in [0.5, 0.6) is 5.75 Å². The molecule has 0 aromatic heterocycles. The third-order valence-electron chi connectivity index (χ3n) is 8.41. The number of phenols is 1. The zero-order valence-electron chi connectivity index (χ0n) is 20.6. The zero-order valence-corrected chi connectivity index (χ0v) is 20.6. The highest BCUT2D eigenvalue weighted by molar-refractivity contribution is 6.32. The van der Waals surface area contributed by atoms with Crippen LogP contribution in [0, 0.1) is 29.5 Å². The molecule has 12 nitrogen and oxygen atoms in total. The number of nitrogens with zero attached hydrogens (tertiary/aromatic N) is 1. The molecule has 3 fully saturated rings. The van der Waals surface area contributed by atoms with Crippen LogP contribution in [0.1, 0.15) is 28.8 Å². The Labute approximate surface area is 215 Å². The summed E-state index contributed by atoms with van der Waals surface area (Å²) in [6, 6.07) is -0.886. The molecule has 1 saturated heterocycles. The Hall–Kier alpha value is -3.55. The first-order valence-electron chi connectivity index (χ1n) is 12.2. The number of Topliss-reactive ketones (excluding diaryl/α,β-unsaturated/α-hetero) is 4. The van der Waals surface area contributed by atoms with Gasteiger partial charge in [0.05, 0.1) is 29.3 Å². The second-order valence-corrected chi connectivity index (χ2v) is 10.7. The van der Waals surface area contributed by atoms with Gasteiger partial charge in [-0.1, -0.05) is 0 Å². The minimum atomic E-state index is -2.87. The number of aromatic hydroxyl groups is 1. The van der Waals surface area contributed by atoms with Crippen molar-refractivity contribution in [1.82, 2.24) is 10.2 Å². The zero-order chi connectivity index (χ0) is 27.8. The maximum absolute atomic E-state index is 15.2. The lowest BCUT2D eigenvalue weighted by Crippen LogP contribution is -2.74. The van der Waals surface area contributed by atoms with Crippen molar-refractivity contribution >= 4 is 40.6 Å². The highest BCUT2D eigenvalue weighted by Crippen LogP contribution is 2.51. The molecular weight excluding hydrogens is 503 g/mol. The van der Waals surface area contributed by atoms with Gasteiger partial charge in [-0.05, 0) is 45.8 Å². The Bertz CT molecular complexity index is 1320. The number of phenolic OH excluding ortho intramolecular Hbond substituents is 1. The predicted molar refractivity (Wildman–Crippen MR) is 126 cm³/mol. The van der Waals surface area contributed by atoms with Gasteiger partial charge in [-0.15, -0.1) is 0 Å². The first-order chi connectivity index (χ1) is 17.8. The average molecular weight is 531 g/mol. The number of carbonyl (C=O) groups excluding carboxylic acids is 6. The van der Waals surface area contributed by atoms with E-state index in [0.29, 0.717) is 13.0 Å². The standard InChI is InChI=1S/C25H27FN4O8/c1-30(2)17-10-6-8-5-9-11(26)7-13(29-24(37)12-3-4-28-12)18(31)15(9)19(32)14(8)21(34)25(10,38)22(35)16(20(17)33)23(27)36/h7-8,10,12,14,16-17,28,31,38H,3-6H2,1-2H3,(H2,27,36)(H,29,37)/t8-,10-,12-,14?,16?,17-,25-/m0/s1. The summed E-state index contributed by atoms with van der Waals surface area (Å²) in [5.41, 5.74) is 1.37. The van der Waals surface area contributed by atoms with Crippen LogP contribution in [-0.2, 0) is 30.4 Å². The van der Waals surface area contributed by atoms with E-state index in [-0.39, 0.29) is 24.1 Å². The van der Waals surface area contributed by atoms with Crippen molar-refractivity contribution in [2.75, 3.05) is 26.0 Å². The smallest absolute Gasteiger partial charge is 0.241 e. The average Bonchev–Trinajstić information content (AvgIpc) is 2.78. The summed E-state index contributed by atoms with van der Waals surface area (Å²) in [5, 5.41) is 27.6. The van der Waals surface area contributed by atoms with E-state index in [1.54, 1.807) is 0 Å². The lowest BCUT2D eigenvalue weighted by atomic mass is 9.52. The molecule has 0 radical (unpaired) electrons. The quantitative estimate of drug-likeness (QED) is 0.221. The Kier molecular flexibility index (Phi) is 6.00. The predicted octanol–water partition coefficient (Wildman–Crippen LogP) is -1.69. The van der Waals surface area contributed by atoms with Crippen LogP contribution in [0.3, 0.4) is 0 Å². The molecule has 2 amide bonds. The SMILES string of the molecule is CN(C)[C@@H]1C(=O)C(C(N)=O)C(=O)[C@@]2(O)C(=O)C3C(=O)c4c(O)c(NC(=O)[C@@H]5CCN5)cc(F)c4C[C@H]3C[C@@H]12. The van der Waals surface area contributed by atoms with Crippen LogP contribution < -0.4 is 16.4 Å². The van der Waals surface area contributed by atoms with Crippen LogP contribution in [0.2, 0.25) is 0 Å². The van der Waals surface area contributed by atoms with Gasteiger partial charge in [-0.2, -0.15) is 0 Å². The van der Waals surface area contributed by atoms with Gasteiger partial charge < -0.3 is 26.6 Å². The summed E-state index contributed by atoms with van der Waals surface area (Å²) in [6.07, 6.45) is 0.146. The molecule has 1 aromatic carbocycles. The number of rotatable bonds is 4. The number of benzene rings is 1. The largest absolute Gasteiger partial charge is 0.505 e. The van der Waals surface area contributed by atoms with Gasteiger partial charge in [0.15, 0.2) is 34.7 Å². The van der Waals surface area contributed by atoms with Crippen LogP contribution in [0.25, 0.3) is 0 Å². The molecule has 13 heteroatoms. The molecular formula is C25H27FN4O8. The molecule has 1 aliphatic heterocycles. The number of primary amides is 1. The summed E-state index contributed by atoms with van der Waals surface area (Å²) in [6.45, 7) is 0.617. The number of nitrogens with one attached hydrogen (secondary N) is 2. The molecule has 6 N–H and O–H groups in total. The minimum absolute atomic E-state index is 0.170. The molecule has 3 aliphatic carbocycles. The third kappa shape index (κ3) is 3.45. The van der Waals surface area contributed by atoms with Gasteiger partial charge in [-0.25, -0.2) is 4.39 Å². The fourth-order valence-corrected chi connectivity index (χ4v) is 6.45. The highest BCUT2D eigenvalue weighted by Gasteiger charge is 2.69. The number of halogens is 1. The molecule has 7 atom stereocenters. The van der Waals surface area contributed by atoms with Gasteiger partial charge in [0, 0.05) is 17.5 Å². The topological polar surface area (TPSA) is 196 Å². The first-order valence-corrected chi connectivity index (χ1v) is 12.2. The lowest BCUT2D eigenvalue weighted by Gasteiger charge is -2.52. The number of amides is 2. The summed E-state index contributed by atoms with van der Waals surface area (Å²) < 4.78 is 15.2. The van der Waals surface area contributed by atoms with E-state index >= 15 is 4.39 Å². The molecule has 0 bridgehead atoms. The molecule has 2 unspecified atom stereocenters. The van der Waals surface area contributed by atoms with Gasteiger partial charge in [0.2, 0.25) is 11.8 Å². The number of likely N-dealkylation sites (N-methyl/N-ethyl adjacent to an activating group) is 1. The fraction of sp³-hybridized carbons (Fsp3) is 0.520. The second kappa shape index (κ2) is 8.75. The highest BCUT2D eigenvalue weighted by atomic mass is 19.1. The van der Waals surface area contributed by atoms with Gasteiger partial charge >= 0.3 is 0 Å². The Balaban J connectivity index is 1.58. The maximum atomic E-state index is 15.2. The molecule has 2 saturated carbocycles. The summed E-state index contributed by atoms with van der Waals surface area (Å²) in [4.78, 5) is 79.4. The monoisotopic (exact) mass is 530 g/mol. The normalized spacial score (nSPS) is 34.2. The number of nitrogens with two attached hydrogens (primary N) is 1. The van der Waals surface area contributed by atoms with E-state index in [2.05, 4.69) is 10.6 Å². The maximum Gasteiger partial charge on any atom is 0.241 e. The number of carbonyl (C=O) groups is 6. The number of hydrogen-bond donors (Lipinski definition) is 5. The third-order valence-corrected chi connectivity index (χ3v) is 8.41. The van der Waals surface area contributed by atoms with E-state index in [0.717, 1.165) is 6.07 Å². The number of hydrogen-bond acceptors (Lipinski definition) is 10. The Morgan fingerprint density at radius 3 is 2.42 bits per heavy atom. The molecule has 0 spiro atoms. The fourth-order valence-electron chi connectivity index (χ4n) is 6.45. The van der Waals surface area contributed by atoms with E-state index in [1.165, 1.54) is 19.0 Å². The van der Waals surface area contributed by atoms with Crippen molar-refractivity contribution in [1.29, 1.82) is 0 Å². The van der Waals surface area contributed by atoms with Crippen LogP contribution in [0.15, 0.2) is 6.07 Å². The first kappa shape index (κ1) is 26.1. The van der Waals surface area contributed by atoms with Gasteiger partial charge in [0.1, 0.15) is 11.6 Å². The molecule has 4 aliphatic rings.